The van der Waals surface area contributed by atoms with E-state index in [1.807, 2.05) is 12.1 Å². The van der Waals surface area contributed by atoms with E-state index in [0.29, 0.717) is 13.0 Å². The van der Waals surface area contributed by atoms with Crippen LogP contribution in [0.5, 0.6) is 0 Å². The summed E-state index contributed by atoms with van der Waals surface area (Å²) in [6, 6.07) is 8.28. The quantitative estimate of drug-likeness (QED) is 0.844. The third-order valence-electron chi connectivity index (χ3n) is 2.98. The predicted molar refractivity (Wildman–Crippen MR) is 82.6 cm³/mol. The van der Waals surface area contributed by atoms with Crippen LogP contribution in [-0.2, 0) is 11.2 Å². The summed E-state index contributed by atoms with van der Waals surface area (Å²) >= 11 is 0. The van der Waals surface area contributed by atoms with Crippen LogP contribution in [0.4, 0.5) is 0 Å². The number of nitrogens with one attached hydrogen (secondary N) is 1. The average Bonchev–Trinajstić information content (AvgIpc) is 2.28. The van der Waals surface area contributed by atoms with Gasteiger partial charge in [0, 0.05) is 12.0 Å². The first-order valence-corrected chi connectivity index (χ1v) is 6.50. The van der Waals surface area contributed by atoms with Crippen molar-refractivity contribution in [2.24, 2.45) is 5.73 Å². The van der Waals surface area contributed by atoms with Crippen molar-refractivity contribution >= 4 is 18.3 Å². The lowest BCUT2D eigenvalue weighted by Crippen LogP contribution is -2.45. The first-order valence-electron chi connectivity index (χ1n) is 6.50. The van der Waals surface area contributed by atoms with Gasteiger partial charge in [0.15, 0.2) is 0 Å². The van der Waals surface area contributed by atoms with Crippen LogP contribution in [-0.4, -0.2) is 18.0 Å². The molecule has 0 heterocycles. The fraction of sp³-hybridized carbons (Fsp3) is 0.533. The van der Waals surface area contributed by atoms with E-state index >= 15 is 0 Å². The Hall–Kier alpha value is -1.06. The van der Waals surface area contributed by atoms with E-state index in [9.17, 15) is 4.79 Å². The number of nitrogens with two attached hydrogens (primary N) is 1. The fourth-order valence-electron chi connectivity index (χ4n) is 2.03. The van der Waals surface area contributed by atoms with Gasteiger partial charge in [-0.15, -0.1) is 12.4 Å². The van der Waals surface area contributed by atoms with Gasteiger partial charge in [-0.25, -0.2) is 0 Å². The number of amides is 1. The van der Waals surface area contributed by atoms with Crippen molar-refractivity contribution in [1.29, 1.82) is 0 Å². The van der Waals surface area contributed by atoms with Crippen molar-refractivity contribution in [3.8, 4) is 0 Å². The summed E-state index contributed by atoms with van der Waals surface area (Å²) in [7, 11) is 0. The lowest BCUT2D eigenvalue weighted by atomic mass is 9.92. The minimum Gasteiger partial charge on any atom is -0.351 e. The van der Waals surface area contributed by atoms with Gasteiger partial charge in [-0.05, 0) is 51.3 Å². The van der Waals surface area contributed by atoms with Crippen LogP contribution in [0.2, 0.25) is 0 Å². The Kier molecular flexibility index (Phi) is 7.72. The molecule has 0 aliphatic carbocycles. The highest BCUT2D eigenvalue weighted by atomic mass is 35.5. The Labute approximate surface area is 122 Å². The van der Waals surface area contributed by atoms with Gasteiger partial charge in [0.05, 0.1) is 0 Å². The molecule has 1 aromatic rings. The number of benzene rings is 1. The zero-order valence-electron chi connectivity index (χ0n) is 12.0. The van der Waals surface area contributed by atoms with Crippen LogP contribution in [0.3, 0.4) is 0 Å². The lowest BCUT2D eigenvalue weighted by Gasteiger charge is -2.27. The molecule has 0 fully saturated rings. The molecule has 19 heavy (non-hydrogen) atoms. The monoisotopic (exact) mass is 284 g/mol. The van der Waals surface area contributed by atoms with Gasteiger partial charge < -0.3 is 11.1 Å². The smallest absolute Gasteiger partial charge is 0.220 e. The fourth-order valence-corrected chi connectivity index (χ4v) is 2.03. The van der Waals surface area contributed by atoms with E-state index in [2.05, 4.69) is 38.2 Å². The largest absolute Gasteiger partial charge is 0.351 e. The topological polar surface area (TPSA) is 55.1 Å². The molecule has 4 heteroatoms. The summed E-state index contributed by atoms with van der Waals surface area (Å²) in [5.74, 6) is 0.0824. The van der Waals surface area contributed by atoms with Crippen molar-refractivity contribution in [2.75, 3.05) is 6.54 Å². The molecule has 0 bridgehead atoms. The van der Waals surface area contributed by atoms with E-state index < -0.39 is 0 Å². The molecule has 0 spiro atoms. The Morgan fingerprint density at radius 1 is 1.32 bits per heavy atom. The van der Waals surface area contributed by atoms with E-state index in [4.69, 9.17) is 5.73 Å². The molecule has 1 rings (SSSR count). The lowest BCUT2D eigenvalue weighted by molar-refractivity contribution is -0.122. The van der Waals surface area contributed by atoms with Crippen LogP contribution in [0.1, 0.15) is 37.8 Å². The van der Waals surface area contributed by atoms with Crippen molar-refractivity contribution in [3.05, 3.63) is 35.4 Å². The number of hydrogen-bond acceptors (Lipinski definition) is 2. The Balaban J connectivity index is 0.00000324. The van der Waals surface area contributed by atoms with Gasteiger partial charge >= 0.3 is 0 Å². The van der Waals surface area contributed by atoms with E-state index in [-0.39, 0.29) is 23.9 Å². The maximum atomic E-state index is 11.7. The summed E-state index contributed by atoms with van der Waals surface area (Å²) < 4.78 is 0. The number of halogens is 1. The van der Waals surface area contributed by atoms with Crippen LogP contribution < -0.4 is 11.1 Å². The summed E-state index contributed by atoms with van der Waals surface area (Å²) in [6.07, 6.45) is 2.09. The predicted octanol–water partition coefficient (Wildman–Crippen LogP) is 2.59. The number of rotatable bonds is 6. The highest BCUT2D eigenvalue weighted by Gasteiger charge is 2.21. The van der Waals surface area contributed by atoms with Crippen molar-refractivity contribution in [2.45, 2.75) is 45.6 Å². The standard InChI is InChI=1S/C15H24N2O.ClH/c1-12-7-4-5-8-13(12)11-15(2,3)17-14(18)9-6-10-16;/h4-5,7-8H,6,9-11,16H2,1-3H3,(H,17,18);1H. The SMILES string of the molecule is Cc1ccccc1CC(C)(C)NC(=O)CCCN.Cl. The van der Waals surface area contributed by atoms with Crippen molar-refractivity contribution < 1.29 is 4.79 Å². The number of hydrogen-bond donors (Lipinski definition) is 2. The maximum Gasteiger partial charge on any atom is 0.220 e. The molecular formula is C15H25ClN2O. The molecule has 1 aromatic carbocycles. The second kappa shape index (κ2) is 8.18. The first kappa shape index (κ1) is 17.9. The Morgan fingerprint density at radius 3 is 2.53 bits per heavy atom. The number of carbonyl (C=O) groups excluding carboxylic acids is 1. The van der Waals surface area contributed by atoms with Crippen LogP contribution >= 0.6 is 12.4 Å². The minimum absolute atomic E-state index is 0. The van der Waals surface area contributed by atoms with E-state index in [1.165, 1.54) is 11.1 Å². The van der Waals surface area contributed by atoms with Crippen molar-refractivity contribution in [3.63, 3.8) is 0 Å². The summed E-state index contributed by atoms with van der Waals surface area (Å²) in [5, 5.41) is 3.07. The Morgan fingerprint density at radius 2 is 1.95 bits per heavy atom. The second-order valence-electron chi connectivity index (χ2n) is 5.43. The zero-order valence-corrected chi connectivity index (χ0v) is 12.8. The second-order valence-corrected chi connectivity index (χ2v) is 5.43. The molecule has 0 radical (unpaired) electrons. The number of carbonyl (C=O) groups is 1. The van der Waals surface area contributed by atoms with Gasteiger partial charge in [-0.1, -0.05) is 24.3 Å². The molecule has 0 saturated carbocycles. The summed E-state index contributed by atoms with van der Waals surface area (Å²) in [5.41, 5.74) is 7.72. The molecule has 0 atom stereocenters. The minimum atomic E-state index is -0.224. The first-order chi connectivity index (χ1) is 8.44. The highest BCUT2D eigenvalue weighted by molar-refractivity contribution is 5.85. The summed E-state index contributed by atoms with van der Waals surface area (Å²) in [4.78, 5) is 11.7. The molecule has 0 aromatic heterocycles. The van der Waals surface area contributed by atoms with Gasteiger partial charge in [-0.2, -0.15) is 0 Å². The molecule has 0 aliphatic heterocycles. The van der Waals surface area contributed by atoms with Gasteiger partial charge in [0.2, 0.25) is 5.91 Å². The maximum absolute atomic E-state index is 11.7. The molecule has 3 nitrogen and oxygen atoms in total. The van der Waals surface area contributed by atoms with Gasteiger partial charge in [0.25, 0.3) is 0 Å². The summed E-state index contributed by atoms with van der Waals surface area (Å²) in [6.45, 7) is 6.77. The number of aryl methyl sites for hydroxylation is 1. The average molecular weight is 285 g/mol. The molecule has 1 amide bonds. The molecule has 3 N–H and O–H groups in total. The zero-order chi connectivity index (χ0) is 13.6. The van der Waals surface area contributed by atoms with Crippen molar-refractivity contribution in [1.82, 2.24) is 5.32 Å². The highest BCUT2D eigenvalue weighted by Crippen LogP contribution is 2.16. The van der Waals surface area contributed by atoms with Crippen LogP contribution in [0.15, 0.2) is 24.3 Å². The molecule has 0 saturated heterocycles. The van der Waals surface area contributed by atoms with E-state index in [0.717, 1.165) is 12.8 Å². The van der Waals surface area contributed by atoms with E-state index in [1.54, 1.807) is 0 Å². The third kappa shape index (κ3) is 6.60. The van der Waals surface area contributed by atoms with Gasteiger partial charge in [-0.3, -0.25) is 4.79 Å². The molecule has 0 unspecified atom stereocenters. The molecule has 0 aliphatic rings. The normalized spacial score (nSPS) is 10.7. The molecule has 108 valence electrons. The third-order valence-corrected chi connectivity index (χ3v) is 2.98. The Bertz CT molecular complexity index is 405. The van der Waals surface area contributed by atoms with Crippen LogP contribution in [0, 0.1) is 6.92 Å². The molecular weight excluding hydrogens is 260 g/mol. The van der Waals surface area contributed by atoms with Gasteiger partial charge in [0.1, 0.15) is 0 Å². The van der Waals surface area contributed by atoms with Crippen LogP contribution in [0.25, 0.3) is 0 Å².